The van der Waals surface area contributed by atoms with Crippen LogP contribution < -0.4 is 10.1 Å². The SMILES string of the molecule is CN(CCC#N)C(=O)COc1ccc(Cl)cc1C(=O)Nc1ccccc1. The Labute approximate surface area is 156 Å². The summed E-state index contributed by atoms with van der Waals surface area (Å²) in [6.45, 7) is 0.0792. The van der Waals surface area contributed by atoms with E-state index in [1.165, 1.54) is 11.0 Å². The minimum absolute atomic E-state index is 0.230. The highest BCUT2D eigenvalue weighted by Gasteiger charge is 2.16. The van der Waals surface area contributed by atoms with Crippen LogP contribution in [0.15, 0.2) is 48.5 Å². The fourth-order valence-corrected chi connectivity index (χ4v) is 2.29. The van der Waals surface area contributed by atoms with Crippen molar-refractivity contribution in [3.63, 3.8) is 0 Å². The van der Waals surface area contributed by atoms with Gasteiger partial charge in [0.25, 0.3) is 11.8 Å². The maximum atomic E-state index is 12.5. The molecule has 0 aromatic heterocycles. The van der Waals surface area contributed by atoms with Crippen molar-refractivity contribution in [3.8, 4) is 11.8 Å². The van der Waals surface area contributed by atoms with Gasteiger partial charge in [-0.15, -0.1) is 0 Å². The van der Waals surface area contributed by atoms with Gasteiger partial charge in [0, 0.05) is 24.3 Å². The number of carbonyl (C=O) groups excluding carboxylic acids is 2. The minimum atomic E-state index is -0.390. The molecule has 0 aliphatic carbocycles. The second-order valence-electron chi connectivity index (χ2n) is 5.47. The number of benzene rings is 2. The molecule has 0 atom stereocenters. The number of likely N-dealkylation sites (N-methyl/N-ethyl adjacent to an activating group) is 1. The van der Waals surface area contributed by atoms with Crippen LogP contribution in [-0.2, 0) is 4.79 Å². The zero-order valence-corrected chi connectivity index (χ0v) is 15.0. The van der Waals surface area contributed by atoms with Crippen molar-refractivity contribution in [2.45, 2.75) is 6.42 Å². The first-order valence-electron chi connectivity index (χ1n) is 7.91. The van der Waals surface area contributed by atoms with Crippen LogP contribution >= 0.6 is 11.6 Å². The Kier molecular flexibility index (Phi) is 7.01. The summed E-state index contributed by atoms with van der Waals surface area (Å²) in [4.78, 5) is 26.0. The van der Waals surface area contributed by atoms with Gasteiger partial charge in [0.05, 0.1) is 18.1 Å². The topological polar surface area (TPSA) is 82.4 Å². The number of nitrogens with one attached hydrogen (secondary N) is 1. The molecule has 0 saturated heterocycles. The third-order valence-corrected chi connectivity index (χ3v) is 3.79. The molecule has 0 aliphatic rings. The number of amides is 2. The predicted molar refractivity (Wildman–Crippen MR) is 99.2 cm³/mol. The molecule has 6 nitrogen and oxygen atoms in total. The Hall–Kier alpha value is -3.04. The van der Waals surface area contributed by atoms with Gasteiger partial charge in [-0.05, 0) is 30.3 Å². The highest BCUT2D eigenvalue weighted by molar-refractivity contribution is 6.31. The lowest BCUT2D eigenvalue weighted by atomic mass is 10.2. The van der Waals surface area contributed by atoms with Crippen molar-refractivity contribution in [2.24, 2.45) is 0 Å². The van der Waals surface area contributed by atoms with E-state index in [9.17, 15) is 9.59 Å². The summed E-state index contributed by atoms with van der Waals surface area (Å²) < 4.78 is 5.52. The van der Waals surface area contributed by atoms with E-state index < -0.39 is 0 Å². The number of nitriles is 1. The van der Waals surface area contributed by atoms with Gasteiger partial charge in [-0.25, -0.2) is 0 Å². The number of nitrogens with zero attached hydrogens (tertiary/aromatic N) is 2. The molecule has 0 heterocycles. The molecule has 0 bridgehead atoms. The molecular formula is C19H18ClN3O3. The summed E-state index contributed by atoms with van der Waals surface area (Å²) in [5, 5.41) is 11.7. The zero-order valence-electron chi connectivity index (χ0n) is 14.2. The number of rotatable bonds is 7. The third kappa shape index (κ3) is 5.50. The molecule has 2 aromatic carbocycles. The molecule has 1 N–H and O–H groups in total. The summed E-state index contributed by atoms with van der Waals surface area (Å²) >= 11 is 5.99. The molecule has 0 saturated carbocycles. The van der Waals surface area contributed by atoms with E-state index in [0.29, 0.717) is 17.3 Å². The lowest BCUT2D eigenvalue weighted by molar-refractivity contribution is -0.132. The number of para-hydroxylation sites is 1. The first-order chi connectivity index (χ1) is 12.5. The number of ether oxygens (including phenoxy) is 1. The van der Waals surface area contributed by atoms with E-state index in [-0.39, 0.29) is 36.2 Å². The standard InChI is InChI=1S/C19H18ClN3O3/c1-23(11-5-10-21)18(24)13-26-17-9-8-14(20)12-16(17)19(25)22-15-6-3-2-4-7-15/h2-4,6-9,12H,5,11,13H2,1H3,(H,22,25). The lowest BCUT2D eigenvalue weighted by Gasteiger charge is -2.17. The van der Waals surface area contributed by atoms with Crippen molar-refractivity contribution in [2.75, 3.05) is 25.5 Å². The van der Waals surface area contributed by atoms with E-state index in [1.807, 2.05) is 12.1 Å². The molecule has 0 unspecified atom stereocenters. The van der Waals surface area contributed by atoms with Crippen LogP contribution in [0.5, 0.6) is 5.75 Å². The van der Waals surface area contributed by atoms with Crippen LogP contribution in [0.25, 0.3) is 0 Å². The number of carbonyl (C=O) groups is 2. The van der Waals surface area contributed by atoms with Gasteiger partial charge in [-0.2, -0.15) is 5.26 Å². The first-order valence-corrected chi connectivity index (χ1v) is 8.28. The van der Waals surface area contributed by atoms with Gasteiger partial charge >= 0.3 is 0 Å². The summed E-state index contributed by atoms with van der Waals surface area (Å²) in [5.74, 6) is -0.423. The second kappa shape index (κ2) is 9.44. The molecule has 0 radical (unpaired) electrons. The number of hydrogen-bond donors (Lipinski definition) is 1. The zero-order chi connectivity index (χ0) is 18.9. The van der Waals surface area contributed by atoms with Crippen LogP contribution in [0.3, 0.4) is 0 Å². The highest BCUT2D eigenvalue weighted by atomic mass is 35.5. The van der Waals surface area contributed by atoms with Gasteiger partial charge in [0.15, 0.2) is 6.61 Å². The Bertz CT molecular complexity index is 819. The molecule has 0 aliphatic heterocycles. The Morgan fingerprint density at radius 1 is 1.23 bits per heavy atom. The highest BCUT2D eigenvalue weighted by Crippen LogP contribution is 2.24. The number of halogens is 1. The normalized spacial score (nSPS) is 9.88. The third-order valence-electron chi connectivity index (χ3n) is 3.55. The smallest absolute Gasteiger partial charge is 0.260 e. The lowest BCUT2D eigenvalue weighted by Crippen LogP contribution is -2.32. The van der Waals surface area contributed by atoms with Crippen molar-refractivity contribution in [3.05, 3.63) is 59.1 Å². The molecule has 2 aromatic rings. The average molecular weight is 372 g/mol. The minimum Gasteiger partial charge on any atom is -0.483 e. The fourth-order valence-electron chi connectivity index (χ4n) is 2.12. The van der Waals surface area contributed by atoms with E-state index in [2.05, 4.69) is 5.32 Å². The molecule has 2 amide bonds. The van der Waals surface area contributed by atoms with Crippen LogP contribution in [0.2, 0.25) is 5.02 Å². The second-order valence-corrected chi connectivity index (χ2v) is 5.91. The van der Waals surface area contributed by atoms with Crippen LogP contribution in [0.4, 0.5) is 5.69 Å². The van der Waals surface area contributed by atoms with E-state index in [1.54, 1.807) is 43.4 Å². The Morgan fingerprint density at radius 3 is 2.65 bits per heavy atom. The fraction of sp³-hybridized carbons (Fsp3) is 0.211. The molecule has 7 heteroatoms. The van der Waals surface area contributed by atoms with Crippen molar-refractivity contribution >= 4 is 29.1 Å². The van der Waals surface area contributed by atoms with E-state index in [0.717, 1.165) is 0 Å². The molecule has 134 valence electrons. The maximum Gasteiger partial charge on any atom is 0.260 e. The molecular weight excluding hydrogens is 354 g/mol. The van der Waals surface area contributed by atoms with E-state index in [4.69, 9.17) is 21.6 Å². The van der Waals surface area contributed by atoms with Crippen molar-refractivity contribution in [1.82, 2.24) is 4.90 Å². The predicted octanol–water partition coefficient (Wildman–Crippen LogP) is 3.34. The van der Waals surface area contributed by atoms with Crippen LogP contribution in [0.1, 0.15) is 16.8 Å². The quantitative estimate of drug-likeness (QED) is 0.809. The van der Waals surface area contributed by atoms with Crippen LogP contribution in [-0.4, -0.2) is 36.9 Å². The van der Waals surface area contributed by atoms with E-state index >= 15 is 0 Å². The maximum absolute atomic E-state index is 12.5. The van der Waals surface area contributed by atoms with Crippen LogP contribution in [0, 0.1) is 11.3 Å². The van der Waals surface area contributed by atoms with Gasteiger partial charge in [-0.1, -0.05) is 29.8 Å². The number of hydrogen-bond acceptors (Lipinski definition) is 4. The summed E-state index contributed by atoms with van der Waals surface area (Å²) in [7, 11) is 1.59. The summed E-state index contributed by atoms with van der Waals surface area (Å²) in [5.41, 5.74) is 0.865. The Balaban J connectivity index is 2.08. The van der Waals surface area contributed by atoms with Gasteiger partial charge in [0.1, 0.15) is 5.75 Å². The van der Waals surface area contributed by atoms with Crippen molar-refractivity contribution < 1.29 is 14.3 Å². The molecule has 0 fully saturated rings. The summed E-state index contributed by atoms with van der Waals surface area (Å²) in [6.07, 6.45) is 0.244. The Morgan fingerprint density at radius 2 is 1.96 bits per heavy atom. The average Bonchev–Trinajstić information content (AvgIpc) is 2.65. The largest absolute Gasteiger partial charge is 0.483 e. The van der Waals surface area contributed by atoms with Gasteiger partial charge < -0.3 is 15.0 Å². The molecule has 2 rings (SSSR count). The number of anilines is 1. The summed E-state index contributed by atoms with van der Waals surface area (Å²) in [6, 6.07) is 15.6. The monoisotopic (exact) mass is 371 g/mol. The molecule has 26 heavy (non-hydrogen) atoms. The van der Waals surface area contributed by atoms with Gasteiger partial charge in [-0.3, -0.25) is 9.59 Å². The van der Waals surface area contributed by atoms with Gasteiger partial charge in [0.2, 0.25) is 0 Å². The molecule has 0 spiro atoms. The van der Waals surface area contributed by atoms with Crippen molar-refractivity contribution in [1.29, 1.82) is 5.26 Å². The first kappa shape index (κ1) is 19.3.